The lowest BCUT2D eigenvalue weighted by Gasteiger charge is -2.32. The topological polar surface area (TPSA) is 225 Å². The van der Waals surface area contributed by atoms with Crippen molar-refractivity contribution in [3.05, 3.63) is 130 Å². The predicted molar refractivity (Wildman–Crippen MR) is 315 cm³/mol. The number of aryl methyl sites for hydroxylation is 2. The lowest BCUT2D eigenvalue weighted by Crippen LogP contribution is -2.47. The highest BCUT2D eigenvalue weighted by Crippen LogP contribution is 2.25. The van der Waals surface area contributed by atoms with Crippen molar-refractivity contribution in [2.45, 2.75) is 64.1 Å². The fourth-order valence-corrected chi connectivity index (χ4v) is 9.63. The number of thiazole rings is 1. The van der Waals surface area contributed by atoms with Crippen LogP contribution in [0.4, 0.5) is 24.4 Å². The zero-order valence-corrected chi connectivity index (χ0v) is 49.4. The van der Waals surface area contributed by atoms with Gasteiger partial charge in [-0.15, -0.1) is 16.4 Å². The molecular weight excluding hydrogens is 1130 g/mol. The Morgan fingerprint density at radius 2 is 1.44 bits per heavy atom. The number of unbranched alkanes of at least 4 members (excludes halogenated alkanes) is 1. The standard InChI is InChI=1S/C58H76ClF2N13O9S/c1-69(21-4-5-28-82-50-15-8-43(9-16-50)10-19-53(75)74(41-52(60)61)55(45-38-63-71(3)39-45)56(77)62-37-44-6-11-46(59)12-7-44)26-30-80-33-32-79-29-20-48-40-73(68-67-48)27-31-81-34-35-83-51-17-13-47(14-18-51)64-57(78)66-58-65-49(42-84-58)36-54(76)72-24-22-70(2)23-25-72/h6-9,11-18,38-40,42,52,55H,4-5,10,19-37,41H2,1-3H3,(H,62,77)(H2,64,65,66,78). The van der Waals surface area contributed by atoms with E-state index in [4.69, 9.17) is 35.3 Å². The van der Waals surface area contributed by atoms with Crippen LogP contribution in [-0.2, 0) is 68.0 Å². The summed E-state index contributed by atoms with van der Waals surface area (Å²) in [6.45, 7) is 8.28. The van der Waals surface area contributed by atoms with Crippen LogP contribution in [0.3, 0.4) is 0 Å². The predicted octanol–water partition coefficient (Wildman–Crippen LogP) is 6.63. The van der Waals surface area contributed by atoms with E-state index in [0.29, 0.717) is 118 Å². The van der Waals surface area contributed by atoms with Gasteiger partial charge in [-0.3, -0.25) is 24.4 Å². The second kappa shape index (κ2) is 34.6. The number of carbonyl (C=O) groups excluding carboxylic acids is 4. The molecule has 1 aliphatic rings. The van der Waals surface area contributed by atoms with Gasteiger partial charge < -0.3 is 53.9 Å². The monoisotopic (exact) mass is 1200 g/mol. The van der Waals surface area contributed by atoms with Crippen molar-refractivity contribution in [2.75, 3.05) is 123 Å². The molecule has 3 aromatic heterocycles. The summed E-state index contributed by atoms with van der Waals surface area (Å²) >= 11 is 7.27. The van der Waals surface area contributed by atoms with Crippen molar-refractivity contribution in [2.24, 2.45) is 7.05 Å². The van der Waals surface area contributed by atoms with Gasteiger partial charge in [-0.05, 0) is 99.6 Å². The minimum Gasteiger partial charge on any atom is -0.494 e. The molecule has 0 saturated carbocycles. The second-order valence-corrected chi connectivity index (χ2v) is 21.4. The summed E-state index contributed by atoms with van der Waals surface area (Å²) in [6.07, 6.45) is 4.79. The van der Waals surface area contributed by atoms with Gasteiger partial charge in [0, 0.05) is 93.2 Å². The van der Waals surface area contributed by atoms with E-state index in [1.807, 2.05) is 42.4 Å². The molecule has 3 N–H and O–H groups in total. The Bertz CT molecular complexity index is 2930. The Kier molecular flexibility index (Phi) is 26.5. The molecule has 1 atom stereocenters. The third kappa shape index (κ3) is 22.8. The highest BCUT2D eigenvalue weighted by molar-refractivity contribution is 7.14. The molecule has 5 amide bonds. The van der Waals surface area contributed by atoms with E-state index in [9.17, 15) is 28.0 Å². The number of halogens is 3. The van der Waals surface area contributed by atoms with Crippen LogP contribution in [0.2, 0.25) is 5.02 Å². The lowest BCUT2D eigenvalue weighted by molar-refractivity contribution is -0.143. The average molecular weight is 1200 g/mol. The van der Waals surface area contributed by atoms with E-state index in [-0.39, 0.29) is 31.7 Å². The summed E-state index contributed by atoms with van der Waals surface area (Å²) in [5.41, 5.74) is 3.96. The van der Waals surface area contributed by atoms with Crippen molar-refractivity contribution in [1.29, 1.82) is 0 Å². The van der Waals surface area contributed by atoms with E-state index < -0.39 is 36.9 Å². The molecule has 1 fully saturated rings. The number of alkyl halides is 2. The molecule has 22 nitrogen and oxygen atoms in total. The maximum absolute atomic E-state index is 13.9. The molecule has 26 heteroatoms. The third-order valence-corrected chi connectivity index (χ3v) is 14.6. The summed E-state index contributed by atoms with van der Waals surface area (Å²) in [5.74, 6) is 0.187. The third-order valence-electron chi connectivity index (χ3n) is 13.5. The zero-order valence-electron chi connectivity index (χ0n) is 47.8. The molecule has 7 rings (SSSR count). The van der Waals surface area contributed by atoms with Gasteiger partial charge in [0.1, 0.15) is 24.1 Å². The minimum atomic E-state index is -2.86. The minimum absolute atomic E-state index is 0.0404. The van der Waals surface area contributed by atoms with Crippen LogP contribution in [0.25, 0.3) is 0 Å². The number of piperazine rings is 1. The number of carbonyl (C=O) groups is 4. The molecule has 4 heterocycles. The van der Waals surface area contributed by atoms with Gasteiger partial charge in [-0.2, -0.15) is 5.10 Å². The number of nitrogens with one attached hydrogen (secondary N) is 3. The Morgan fingerprint density at radius 3 is 2.17 bits per heavy atom. The van der Waals surface area contributed by atoms with Crippen LogP contribution in [-0.4, -0.2) is 192 Å². The van der Waals surface area contributed by atoms with Crippen LogP contribution < -0.4 is 25.4 Å². The number of nitrogens with zero attached hydrogens (tertiary/aromatic N) is 10. The van der Waals surface area contributed by atoms with Crippen LogP contribution in [0, 0.1) is 0 Å². The highest BCUT2D eigenvalue weighted by atomic mass is 35.5. The second-order valence-electron chi connectivity index (χ2n) is 20.2. The first-order valence-corrected chi connectivity index (χ1v) is 29.3. The van der Waals surface area contributed by atoms with Gasteiger partial charge >= 0.3 is 6.03 Å². The SMILES string of the molecule is CN(CCCCOc1ccc(CCC(=O)N(CC(F)F)C(C(=O)NCc2ccc(Cl)cc2)c2cnn(C)c2)cc1)CCOCCOCCc1cn(CCOCCOc2ccc(NC(=O)Nc3nc(CC(=O)N4CCN(C)CC4)cs3)cc2)nn1. The van der Waals surface area contributed by atoms with Crippen molar-refractivity contribution < 1.29 is 51.6 Å². The van der Waals surface area contributed by atoms with Gasteiger partial charge in [0.15, 0.2) is 5.13 Å². The van der Waals surface area contributed by atoms with Crippen LogP contribution in [0.15, 0.2) is 96.8 Å². The smallest absolute Gasteiger partial charge is 0.325 e. The molecule has 1 saturated heterocycles. The molecule has 0 aliphatic carbocycles. The zero-order chi connectivity index (χ0) is 59.5. The highest BCUT2D eigenvalue weighted by Gasteiger charge is 2.34. The molecular formula is C58H76ClF2N13O9S. The largest absolute Gasteiger partial charge is 0.494 e. The maximum atomic E-state index is 13.9. The van der Waals surface area contributed by atoms with Crippen LogP contribution in [0.1, 0.15) is 53.4 Å². The summed E-state index contributed by atoms with van der Waals surface area (Å²) < 4.78 is 60.1. The van der Waals surface area contributed by atoms with Gasteiger partial charge in [0.2, 0.25) is 17.7 Å². The number of urea groups is 1. The Hall–Kier alpha value is -7.13. The summed E-state index contributed by atoms with van der Waals surface area (Å²) in [5, 5.41) is 23.6. The van der Waals surface area contributed by atoms with Gasteiger partial charge in [-0.1, -0.05) is 41.1 Å². The first-order valence-electron chi connectivity index (χ1n) is 28.1. The first-order chi connectivity index (χ1) is 40.7. The number of hydrogen-bond acceptors (Lipinski definition) is 16. The van der Waals surface area contributed by atoms with E-state index in [2.05, 4.69) is 53.2 Å². The fourth-order valence-electron chi connectivity index (χ4n) is 8.80. The van der Waals surface area contributed by atoms with E-state index in [1.165, 1.54) is 22.2 Å². The molecule has 1 aliphatic heterocycles. The van der Waals surface area contributed by atoms with E-state index in [0.717, 1.165) is 60.7 Å². The van der Waals surface area contributed by atoms with E-state index >= 15 is 0 Å². The molecule has 0 spiro atoms. The number of hydrogen-bond donors (Lipinski definition) is 3. The Labute approximate surface area is 497 Å². The molecule has 0 bridgehead atoms. The molecule has 84 heavy (non-hydrogen) atoms. The quantitative estimate of drug-likeness (QED) is 0.0351. The van der Waals surface area contributed by atoms with Gasteiger partial charge in [0.25, 0.3) is 6.43 Å². The van der Waals surface area contributed by atoms with Crippen LogP contribution in [0.5, 0.6) is 11.5 Å². The maximum Gasteiger partial charge on any atom is 0.325 e. The number of benzene rings is 3. The number of rotatable bonds is 36. The summed E-state index contributed by atoms with van der Waals surface area (Å²) in [4.78, 5) is 64.0. The molecule has 6 aromatic rings. The summed E-state index contributed by atoms with van der Waals surface area (Å²) in [7, 11) is 5.75. The Morgan fingerprint density at radius 1 is 0.750 bits per heavy atom. The molecule has 3 aromatic carbocycles. The van der Waals surface area contributed by atoms with Crippen molar-refractivity contribution in [3.8, 4) is 11.5 Å². The van der Waals surface area contributed by atoms with Crippen molar-refractivity contribution in [3.63, 3.8) is 0 Å². The van der Waals surface area contributed by atoms with Gasteiger partial charge in [0.05, 0.1) is 83.3 Å². The Balaban J connectivity index is 0.662. The number of anilines is 2. The van der Waals surface area contributed by atoms with Crippen molar-refractivity contribution in [1.82, 2.24) is 54.7 Å². The average Bonchev–Trinajstić information content (AvgIpc) is 4.36. The summed E-state index contributed by atoms with van der Waals surface area (Å²) in [6, 6.07) is 19.5. The molecule has 1 unspecified atom stereocenters. The van der Waals surface area contributed by atoms with E-state index in [1.54, 1.807) is 71.8 Å². The number of likely N-dealkylation sites (N-methyl/N-ethyl adjacent to an activating group) is 2. The molecule has 454 valence electrons. The molecule has 0 radical (unpaired) electrons. The number of aromatic nitrogens is 6. The van der Waals surface area contributed by atoms with Crippen LogP contribution >= 0.6 is 22.9 Å². The number of amides is 5. The normalized spacial score (nSPS) is 13.1. The first kappa shape index (κ1) is 64.4. The fraction of sp³-hybridized carbons (Fsp3) is 0.483. The number of ether oxygens (including phenoxy) is 5. The lowest BCUT2D eigenvalue weighted by atomic mass is 10.1. The van der Waals surface area contributed by atoms with Crippen molar-refractivity contribution >= 4 is 57.5 Å². The van der Waals surface area contributed by atoms with Gasteiger partial charge in [-0.25, -0.2) is 23.2 Å².